The van der Waals surface area contributed by atoms with E-state index in [-0.39, 0.29) is 11.9 Å². The Morgan fingerprint density at radius 3 is 2.68 bits per heavy atom. The maximum atomic E-state index is 12.4. The fraction of sp³-hybridized carbons (Fsp3) is 0.263. The number of amides is 1. The van der Waals surface area contributed by atoms with Crippen LogP contribution in [0.2, 0.25) is 5.02 Å². The van der Waals surface area contributed by atoms with E-state index in [1.807, 2.05) is 24.3 Å². The van der Waals surface area contributed by atoms with E-state index in [1.165, 1.54) is 0 Å². The van der Waals surface area contributed by atoms with Gasteiger partial charge in [-0.15, -0.1) is 0 Å². The van der Waals surface area contributed by atoms with Crippen molar-refractivity contribution in [3.8, 4) is 5.75 Å². The third-order valence-electron chi connectivity index (χ3n) is 4.01. The van der Waals surface area contributed by atoms with Crippen molar-refractivity contribution >= 4 is 23.5 Å². The van der Waals surface area contributed by atoms with Gasteiger partial charge in [0.1, 0.15) is 5.75 Å². The zero-order chi connectivity index (χ0) is 17.8. The lowest BCUT2D eigenvalue weighted by molar-refractivity contribution is -0.130. The highest BCUT2D eigenvalue weighted by Crippen LogP contribution is 2.31. The SMILES string of the molecule is CC(OC(=O)c1ccc(Cl)cc1)C(=O)NC1CCOc2ccccc21. The van der Waals surface area contributed by atoms with E-state index in [1.54, 1.807) is 31.2 Å². The zero-order valence-corrected chi connectivity index (χ0v) is 14.5. The number of benzene rings is 2. The molecule has 1 heterocycles. The Hall–Kier alpha value is -2.53. The molecule has 1 amide bonds. The summed E-state index contributed by atoms with van der Waals surface area (Å²) >= 11 is 5.80. The minimum atomic E-state index is -0.904. The average Bonchev–Trinajstić information content (AvgIpc) is 2.62. The summed E-state index contributed by atoms with van der Waals surface area (Å²) in [6, 6.07) is 13.7. The number of fused-ring (bicyclic) bond motifs is 1. The van der Waals surface area contributed by atoms with Crippen LogP contribution in [-0.2, 0) is 9.53 Å². The number of hydrogen-bond donors (Lipinski definition) is 1. The molecule has 0 saturated heterocycles. The van der Waals surface area contributed by atoms with Crippen LogP contribution in [-0.4, -0.2) is 24.6 Å². The molecule has 0 radical (unpaired) electrons. The fourth-order valence-electron chi connectivity index (χ4n) is 2.65. The topological polar surface area (TPSA) is 64.6 Å². The molecular formula is C19H18ClNO4. The van der Waals surface area contributed by atoms with Crippen molar-refractivity contribution in [2.24, 2.45) is 0 Å². The van der Waals surface area contributed by atoms with Gasteiger partial charge in [0.05, 0.1) is 18.2 Å². The van der Waals surface area contributed by atoms with Gasteiger partial charge >= 0.3 is 5.97 Å². The van der Waals surface area contributed by atoms with Gasteiger partial charge in [0.15, 0.2) is 6.10 Å². The predicted molar refractivity (Wildman–Crippen MR) is 93.8 cm³/mol. The third kappa shape index (κ3) is 4.12. The molecule has 0 aromatic heterocycles. The molecule has 0 fully saturated rings. The van der Waals surface area contributed by atoms with E-state index in [0.717, 1.165) is 11.3 Å². The standard InChI is InChI=1S/C19H18ClNO4/c1-12(25-19(23)13-6-8-14(20)9-7-13)18(22)21-16-10-11-24-17-5-3-2-4-15(16)17/h2-9,12,16H,10-11H2,1H3,(H,21,22). The van der Waals surface area contributed by atoms with Gasteiger partial charge in [0, 0.05) is 17.0 Å². The zero-order valence-electron chi connectivity index (χ0n) is 13.7. The van der Waals surface area contributed by atoms with Crippen LogP contribution in [0.1, 0.15) is 35.3 Å². The first-order valence-electron chi connectivity index (χ1n) is 8.03. The number of halogens is 1. The van der Waals surface area contributed by atoms with Crippen LogP contribution in [0.25, 0.3) is 0 Å². The summed E-state index contributed by atoms with van der Waals surface area (Å²) < 4.78 is 10.8. The number of nitrogens with one attached hydrogen (secondary N) is 1. The normalized spacial score (nSPS) is 17.0. The highest BCUT2D eigenvalue weighted by molar-refractivity contribution is 6.30. The Morgan fingerprint density at radius 2 is 1.92 bits per heavy atom. The smallest absolute Gasteiger partial charge is 0.338 e. The van der Waals surface area contributed by atoms with Gasteiger partial charge in [-0.05, 0) is 37.3 Å². The summed E-state index contributed by atoms with van der Waals surface area (Å²) in [5, 5.41) is 3.45. The van der Waals surface area contributed by atoms with E-state index in [2.05, 4.69) is 5.32 Å². The second-order valence-electron chi connectivity index (χ2n) is 5.79. The number of carbonyl (C=O) groups is 2. The molecule has 0 aliphatic carbocycles. The Balaban J connectivity index is 1.62. The number of rotatable bonds is 4. The Bertz CT molecular complexity index is 775. The first-order valence-corrected chi connectivity index (χ1v) is 8.41. The van der Waals surface area contributed by atoms with Crippen LogP contribution < -0.4 is 10.1 Å². The van der Waals surface area contributed by atoms with Crippen LogP contribution >= 0.6 is 11.6 Å². The summed E-state index contributed by atoms with van der Waals surface area (Å²) in [7, 11) is 0. The lowest BCUT2D eigenvalue weighted by atomic mass is 10.0. The maximum absolute atomic E-state index is 12.4. The van der Waals surface area contributed by atoms with Crippen molar-refractivity contribution in [2.45, 2.75) is 25.5 Å². The molecule has 2 atom stereocenters. The first kappa shape index (κ1) is 17.3. The summed E-state index contributed by atoms with van der Waals surface area (Å²) in [6.45, 7) is 2.08. The maximum Gasteiger partial charge on any atom is 0.338 e. The molecule has 1 N–H and O–H groups in total. The summed E-state index contributed by atoms with van der Waals surface area (Å²) in [6.07, 6.45) is -0.237. The molecule has 1 aliphatic rings. The van der Waals surface area contributed by atoms with E-state index >= 15 is 0 Å². The second kappa shape index (κ2) is 7.57. The largest absolute Gasteiger partial charge is 0.493 e. The van der Waals surface area contributed by atoms with Crippen molar-refractivity contribution < 1.29 is 19.1 Å². The van der Waals surface area contributed by atoms with Gasteiger partial charge in [0.2, 0.25) is 0 Å². The molecule has 2 aromatic rings. The van der Waals surface area contributed by atoms with Crippen molar-refractivity contribution in [1.82, 2.24) is 5.32 Å². The summed E-state index contributed by atoms with van der Waals surface area (Å²) in [5.41, 5.74) is 1.28. The lowest BCUT2D eigenvalue weighted by Crippen LogP contribution is -2.39. The lowest BCUT2D eigenvalue weighted by Gasteiger charge is -2.27. The van der Waals surface area contributed by atoms with E-state index in [4.69, 9.17) is 21.1 Å². The van der Waals surface area contributed by atoms with Crippen LogP contribution in [0, 0.1) is 0 Å². The van der Waals surface area contributed by atoms with E-state index in [9.17, 15) is 9.59 Å². The third-order valence-corrected chi connectivity index (χ3v) is 4.26. The molecule has 2 aromatic carbocycles. The molecule has 3 rings (SSSR count). The Kier molecular flexibility index (Phi) is 5.24. The van der Waals surface area contributed by atoms with E-state index in [0.29, 0.717) is 23.6 Å². The van der Waals surface area contributed by atoms with Crippen molar-refractivity contribution in [3.63, 3.8) is 0 Å². The van der Waals surface area contributed by atoms with Gasteiger partial charge in [-0.25, -0.2) is 4.79 Å². The van der Waals surface area contributed by atoms with Crippen LogP contribution in [0.15, 0.2) is 48.5 Å². The Morgan fingerprint density at radius 1 is 1.20 bits per heavy atom. The molecule has 0 spiro atoms. The van der Waals surface area contributed by atoms with Crippen molar-refractivity contribution in [3.05, 3.63) is 64.7 Å². The van der Waals surface area contributed by atoms with E-state index < -0.39 is 12.1 Å². The fourth-order valence-corrected chi connectivity index (χ4v) is 2.78. The molecule has 1 aliphatic heterocycles. The predicted octanol–water partition coefficient (Wildman–Crippen LogP) is 3.53. The number of esters is 1. The van der Waals surface area contributed by atoms with Crippen molar-refractivity contribution in [2.75, 3.05) is 6.61 Å². The van der Waals surface area contributed by atoms with Crippen molar-refractivity contribution in [1.29, 1.82) is 0 Å². The Labute approximate surface area is 150 Å². The second-order valence-corrected chi connectivity index (χ2v) is 6.23. The van der Waals surface area contributed by atoms with Gasteiger partial charge in [-0.3, -0.25) is 4.79 Å². The molecule has 0 bridgehead atoms. The van der Waals surface area contributed by atoms with Crippen LogP contribution in [0.3, 0.4) is 0 Å². The molecule has 5 nitrogen and oxygen atoms in total. The minimum absolute atomic E-state index is 0.158. The van der Waals surface area contributed by atoms with Gasteiger partial charge < -0.3 is 14.8 Å². The molecule has 2 unspecified atom stereocenters. The molecule has 25 heavy (non-hydrogen) atoms. The number of ether oxygens (including phenoxy) is 2. The summed E-state index contributed by atoms with van der Waals surface area (Å²) in [5.74, 6) is -0.138. The first-order chi connectivity index (χ1) is 12.0. The highest BCUT2D eigenvalue weighted by atomic mass is 35.5. The monoisotopic (exact) mass is 359 g/mol. The number of hydrogen-bond acceptors (Lipinski definition) is 4. The summed E-state index contributed by atoms with van der Waals surface area (Å²) in [4.78, 5) is 24.5. The number of carbonyl (C=O) groups excluding carboxylic acids is 2. The average molecular weight is 360 g/mol. The van der Waals surface area contributed by atoms with Gasteiger partial charge in [-0.2, -0.15) is 0 Å². The quantitative estimate of drug-likeness (QED) is 0.848. The molecule has 130 valence electrons. The van der Waals surface area contributed by atoms with Crippen LogP contribution in [0.5, 0.6) is 5.75 Å². The van der Waals surface area contributed by atoms with Crippen LogP contribution in [0.4, 0.5) is 0 Å². The molecular weight excluding hydrogens is 342 g/mol. The van der Waals surface area contributed by atoms with Gasteiger partial charge in [0.25, 0.3) is 5.91 Å². The highest BCUT2D eigenvalue weighted by Gasteiger charge is 2.26. The molecule has 6 heteroatoms. The van der Waals surface area contributed by atoms with Gasteiger partial charge in [-0.1, -0.05) is 29.8 Å². The molecule has 0 saturated carbocycles. The number of para-hydroxylation sites is 1. The minimum Gasteiger partial charge on any atom is -0.493 e.